The second kappa shape index (κ2) is 4.06. The summed E-state index contributed by atoms with van der Waals surface area (Å²) in [5.74, 6) is 1.34. The van der Waals surface area contributed by atoms with Crippen LogP contribution in [-0.2, 0) is 4.74 Å². The van der Waals surface area contributed by atoms with Crippen molar-refractivity contribution in [3.05, 3.63) is 17.1 Å². The van der Waals surface area contributed by atoms with Crippen molar-refractivity contribution in [2.24, 2.45) is 5.92 Å². The van der Waals surface area contributed by atoms with E-state index in [1.807, 2.05) is 6.07 Å². The number of methoxy groups -OCH3 is 1. The highest BCUT2D eigenvalue weighted by Gasteiger charge is 2.34. The smallest absolute Gasteiger partial charge is 0.160 e. The lowest BCUT2D eigenvalue weighted by atomic mass is 10.2. The third-order valence-corrected chi connectivity index (χ3v) is 2.81. The van der Waals surface area contributed by atoms with Crippen LogP contribution < -0.4 is 5.73 Å². The van der Waals surface area contributed by atoms with Gasteiger partial charge in [-0.3, -0.25) is 0 Å². The van der Waals surface area contributed by atoms with Crippen molar-refractivity contribution >= 4 is 5.82 Å². The van der Waals surface area contributed by atoms with Crippen molar-refractivity contribution in [1.29, 1.82) is 5.26 Å². The third kappa shape index (κ3) is 1.84. The minimum absolute atomic E-state index is 0.0891. The molecule has 1 aliphatic carbocycles. The molecule has 1 fully saturated rings. The summed E-state index contributed by atoms with van der Waals surface area (Å²) in [6.07, 6.45) is 2.19. The van der Waals surface area contributed by atoms with Gasteiger partial charge in [0.2, 0.25) is 0 Å². The van der Waals surface area contributed by atoms with E-state index in [-0.39, 0.29) is 11.9 Å². The molecule has 16 heavy (non-hydrogen) atoms. The Morgan fingerprint density at radius 1 is 1.50 bits per heavy atom. The number of nitriles is 1. The number of nitrogens with zero attached hydrogens (tertiary/aromatic N) is 3. The number of anilines is 1. The van der Waals surface area contributed by atoms with Gasteiger partial charge in [0.25, 0.3) is 0 Å². The Morgan fingerprint density at radius 2 is 2.19 bits per heavy atom. The van der Waals surface area contributed by atoms with Crippen molar-refractivity contribution < 1.29 is 4.74 Å². The first-order valence-corrected chi connectivity index (χ1v) is 5.24. The van der Waals surface area contributed by atoms with Crippen LogP contribution >= 0.6 is 0 Å². The topological polar surface area (TPSA) is 84.8 Å². The molecule has 5 nitrogen and oxygen atoms in total. The Hall–Kier alpha value is -1.67. The van der Waals surface area contributed by atoms with E-state index in [1.165, 1.54) is 0 Å². The van der Waals surface area contributed by atoms with Gasteiger partial charge in [0.15, 0.2) is 5.82 Å². The van der Waals surface area contributed by atoms with Crippen molar-refractivity contribution in [3.63, 3.8) is 0 Å². The fourth-order valence-electron chi connectivity index (χ4n) is 1.79. The summed E-state index contributed by atoms with van der Waals surface area (Å²) in [7, 11) is 1.65. The van der Waals surface area contributed by atoms with Crippen LogP contribution in [0.3, 0.4) is 0 Å². The van der Waals surface area contributed by atoms with Gasteiger partial charge in [-0.25, -0.2) is 9.97 Å². The van der Waals surface area contributed by atoms with Crippen LogP contribution in [0.5, 0.6) is 0 Å². The molecule has 0 saturated heterocycles. The predicted molar refractivity (Wildman–Crippen MR) is 58.4 cm³/mol. The summed E-state index contributed by atoms with van der Waals surface area (Å²) in [4.78, 5) is 8.46. The lowest BCUT2D eigenvalue weighted by Crippen LogP contribution is -2.12. The zero-order valence-electron chi connectivity index (χ0n) is 9.40. The summed E-state index contributed by atoms with van der Waals surface area (Å²) in [6, 6.07) is 2.00. The molecular formula is C11H14N4O. The Labute approximate surface area is 94.3 Å². The molecule has 1 unspecified atom stereocenters. The average molecular weight is 218 g/mol. The minimum Gasteiger partial charge on any atom is -0.382 e. The van der Waals surface area contributed by atoms with Crippen LogP contribution in [0.15, 0.2) is 0 Å². The van der Waals surface area contributed by atoms with Crippen LogP contribution in [0.25, 0.3) is 0 Å². The van der Waals surface area contributed by atoms with Gasteiger partial charge < -0.3 is 10.5 Å². The van der Waals surface area contributed by atoms with Crippen LogP contribution in [0, 0.1) is 24.2 Å². The monoisotopic (exact) mass is 218 g/mol. The number of hydrogen-bond donors (Lipinski definition) is 1. The van der Waals surface area contributed by atoms with E-state index in [0.717, 1.165) is 12.8 Å². The molecule has 2 rings (SSSR count). The highest BCUT2D eigenvalue weighted by atomic mass is 16.5. The van der Waals surface area contributed by atoms with Crippen LogP contribution in [0.4, 0.5) is 5.82 Å². The first-order valence-electron chi connectivity index (χ1n) is 5.24. The Balaban J connectivity index is 2.39. The van der Waals surface area contributed by atoms with Crippen molar-refractivity contribution in [3.8, 4) is 6.07 Å². The Morgan fingerprint density at radius 3 is 2.62 bits per heavy atom. The van der Waals surface area contributed by atoms with E-state index in [9.17, 15) is 0 Å². The molecule has 0 spiro atoms. The van der Waals surface area contributed by atoms with E-state index >= 15 is 0 Å². The fourth-order valence-corrected chi connectivity index (χ4v) is 1.79. The predicted octanol–water partition coefficient (Wildman–Crippen LogP) is 1.34. The fraction of sp³-hybridized carbons (Fsp3) is 0.545. The Kier molecular flexibility index (Phi) is 2.75. The molecular weight excluding hydrogens is 204 g/mol. The van der Waals surface area contributed by atoms with E-state index < -0.39 is 0 Å². The van der Waals surface area contributed by atoms with Crippen molar-refractivity contribution in [1.82, 2.24) is 9.97 Å². The third-order valence-electron chi connectivity index (χ3n) is 2.81. The van der Waals surface area contributed by atoms with Gasteiger partial charge >= 0.3 is 0 Å². The van der Waals surface area contributed by atoms with Gasteiger partial charge in [0.05, 0.1) is 5.69 Å². The lowest BCUT2D eigenvalue weighted by molar-refractivity contribution is 0.0772. The van der Waals surface area contributed by atoms with Crippen LogP contribution in [0.2, 0.25) is 0 Å². The first kappa shape index (κ1) is 10.8. The molecule has 0 aliphatic heterocycles. The highest BCUT2D eigenvalue weighted by Crippen LogP contribution is 2.42. The van der Waals surface area contributed by atoms with Crippen LogP contribution in [0.1, 0.15) is 36.0 Å². The van der Waals surface area contributed by atoms with Crippen LogP contribution in [-0.4, -0.2) is 17.1 Å². The summed E-state index contributed by atoms with van der Waals surface area (Å²) in [5, 5.41) is 8.87. The number of nitrogens with two attached hydrogens (primary N) is 1. The lowest BCUT2D eigenvalue weighted by Gasteiger charge is -2.14. The number of ether oxygens (including phenoxy) is 1. The quantitative estimate of drug-likeness (QED) is 0.827. The van der Waals surface area contributed by atoms with E-state index in [2.05, 4.69) is 9.97 Å². The molecule has 0 amide bonds. The normalized spacial score (nSPS) is 16.8. The van der Waals surface area contributed by atoms with Gasteiger partial charge in [0, 0.05) is 7.11 Å². The number of aryl methyl sites for hydroxylation is 1. The van der Waals surface area contributed by atoms with Gasteiger partial charge in [-0.15, -0.1) is 0 Å². The molecule has 1 aliphatic rings. The molecule has 0 bridgehead atoms. The first-order chi connectivity index (χ1) is 7.67. The van der Waals surface area contributed by atoms with Gasteiger partial charge in [0.1, 0.15) is 23.6 Å². The molecule has 1 atom stereocenters. The molecule has 0 aromatic carbocycles. The maximum atomic E-state index is 8.87. The second-order valence-corrected chi connectivity index (χ2v) is 4.03. The molecule has 1 heterocycles. The largest absolute Gasteiger partial charge is 0.382 e. The minimum atomic E-state index is -0.0891. The van der Waals surface area contributed by atoms with Gasteiger partial charge in [-0.2, -0.15) is 5.26 Å². The second-order valence-electron chi connectivity index (χ2n) is 4.03. The van der Waals surface area contributed by atoms with Gasteiger partial charge in [-0.05, 0) is 25.7 Å². The summed E-state index contributed by atoms with van der Waals surface area (Å²) in [5.41, 5.74) is 6.69. The molecule has 0 radical (unpaired) electrons. The maximum Gasteiger partial charge on any atom is 0.160 e. The number of nitrogen functional groups attached to an aromatic ring is 1. The van der Waals surface area contributed by atoms with Crippen molar-refractivity contribution in [2.45, 2.75) is 25.9 Å². The van der Waals surface area contributed by atoms with E-state index in [4.69, 9.17) is 15.7 Å². The maximum absolute atomic E-state index is 8.87. The standard InChI is InChI=1S/C11H14N4O/c1-6-8(5-12)10(13)15-11(14-6)9(16-2)7-3-4-7/h7,9H,3-4H2,1-2H3,(H2,13,14,15). The summed E-state index contributed by atoms with van der Waals surface area (Å²) < 4.78 is 5.38. The molecule has 5 heteroatoms. The zero-order valence-corrected chi connectivity index (χ0v) is 9.40. The van der Waals surface area contributed by atoms with E-state index in [1.54, 1.807) is 14.0 Å². The Bertz CT molecular complexity index is 425. The molecule has 2 N–H and O–H groups in total. The summed E-state index contributed by atoms with van der Waals surface area (Å²) >= 11 is 0. The highest BCUT2D eigenvalue weighted by molar-refractivity contribution is 5.50. The average Bonchev–Trinajstić information content (AvgIpc) is 3.03. The zero-order chi connectivity index (χ0) is 11.7. The molecule has 1 aromatic rings. The number of aromatic nitrogens is 2. The number of rotatable bonds is 3. The number of hydrogen-bond acceptors (Lipinski definition) is 5. The SMILES string of the molecule is COC(c1nc(C)c(C#N)c(N)n1)C1CC1. The van der Waals surface area contributed by atoms with Gasteiger partial charge in [-0.1, -0.05) is 0 Å². The molecule has 84 valence electrons. The molecule has 1 aromatic heterocycles. The molecule has 1 saturated carbocycles. The van der Waals surface area contributed by atoms with Crippen molar-refractivity contribution in [2.75, 3.05) is 12.8 Å². The summed E-state index contributed by atoms with van der Waals surface area (Å²) in [6.45, 7) is 1.76. The van der Waals surface area contributed by atoms with E-state index in [0.29, 0.717) is 23.0 Å².